The predicted octanol–water partition coefficient (Wildman–Crippen LogP) is 2.49. The molecule has 23 heavy (non-hydrogen) atoms. The highest BCUT2D eigenvalue weighted by Crippen LogP contribution is 2.24. The highest BCUT2D eigenvalue weighted by Gasteiger charge is 2.35. The number of amides is 2. The van der Waals surface area contributed by atoms with E-state index in [1.54, 1.807) is 23.1 Å². The van der Waals surface area contributed by atoms with Gasteiger partial charge >= 0.3 is 0 Å². The van der Waals surface area contributed by atoms with Gasteiger partial charge in [0.05, 0.1) is 0 Å². The number of nitrogens with one attached hydrogen (secondary N) is 1. The lowest BCUT2D eigenvalue weighted by atomic mass is 10.1. The first-order chi connectivity index (χ1) is 10.9. The fraction of sp³-hybridized carbons (Fsp3) is 0.500. The van der Waals surface area contributed by atoms with Crippen LogP contribution in [0.4, 0.5) is 0 Å². The lowest BCUT2D eigenvalue weighted by Crippen LogP contribution is -2.48. The third-order valence-electron chi connectivity index (χ3n) is 3.88. The van der Waals surface area contributed by atoms with E-state index in [0.29, 0.717) is 35.0 Å². The molecule has 2 unspecified atom stereocenters. The minimum atomic E-state index is -0.499. The molecule has 1 aromatic carbocycles. The summed E-state index contributed by atoms with van der Waals surface area (Å²) in [5, 5.41) is 12.5. The van der Waals surface area contributed by atoms with Crippen molar-refractivity contribution in [1.29, 1.82) is 0 Å². The van der Waals surface area contributed by atoms with E-state index in [4.69, 9.17) is 28.3 Å². The minimum absolute atomic E-state index is 0.00969. The van der Waals surface area contributed by atoms with Crippen molar-refractivity contribution in [3.05, 3.63) is 33.8 Å². The molecule has 1 saturated heterocycles. The van der Waals surface area contributed by atoms with E-state index in [1.807, 2.05) is 6.92 Å². The van der Waals surface area contributed by atoms with Gasteiger partial charge < -0.3 is 15.3 Å². The summed E-state index contributed by atoms with van der Waals surface area (Å²) in [6.07, 6.45) is 1.88. The summed E-state index contributed by atoms with van der Waals surface area (Å²) < 4.78 is 0. The number of nitrogens with zero attached hydrogens (tertiary/aromatic N) is 1. The molecule has 2 atom stereocenters. The second-order valence-electron chi connectivity index (χ2n) is 5.74. The van der Waals surface area contributed by atoms with Crippen LogP contribution in [0, 0.1) is 0 Å². The summed E-state index contributed by atoms with van der Waals surface area (Å²) in [5.41, 5.74) is 0.380. The van der Waals surface area contributed by atoms with E-state index in [-0.39, 0.29) is 24.5 Å². The van der Waals surface area contributed by atoms with Crippen molar-refractivity contribution in [1.82, 2.24) is 10.2 Å². The van der Waals surface area contributed by atoms with E-state index in [9.17, 15) is 9.59 Å². The maximum Gasteiger partial charge on any atom is 0.254 e. The molecular formula is C16H20Cl2N2O3. The van der Waals surface area contributed by atoms with E-state index in [0.717, 1.165) is 6.42 Å². The van der Waals surface area contributed by atoms with Gasteiger partial charge in [-0.05, 0) is 44.4 Å². The van der Waals surface area contributed by atoms with Crippen LogP contribution >= 0.6 is 23.2 Å². The van der Waals surface area contributed by atoms with Crippen LogP contribution in [-0.4, -0.2) is 47.1 Å². The summed E-state index contributed by atoms with van der Waals surface area (Å²) in [4.78, 5) is 26.6. The lowest BCUT2D eigenvalue weighted by molar-refractivity contribution is -0.125. The average Bonchev–Trinajstić information content (AvgIpc) is 2.95. The van der Waals surface area contributed by atoms with E-state index in [2.05, 4.69) is 5.32 Å². The van der Waals surface area contributed by atoms with Gasteiger partial charge in [-0.1, -0.05) is 23.2 Å². The molecule has 1 heterocycles. The normalized spacial score (nSPS) is 18.8. The fourth-order valence-electron chi connectivity index (χ4n) is 2.73. The maximum absolute atomic E-state index is 12.7. The van der Waals surface area contributed by atoms with Gasteiger partial charge in [-0.2, -0.15) is 0 Å². The van der Waals surface area contributed by atoms with Crippen molar-refractivity contribution in [3.63, 3.8) is 0 Å². The van der Waals surface area contributed by atoms with Crippen molar-refractivity contribution >= 4 is 35.0 Å². The summed E-state index contributed by atoms with van der Waals surface area (Å²) in [7, 11) is 0. The Hall–Kier alpha value is -1.30. The molecule has 0 aromatic heterocycles. The number of aliphatic hydroxyl groups is 1. The number of benzene rings is 1. The van der Waals surface area contributed by atoms with Crippen LogP contribution in [0.5, 0.6) is 0 Å². The van der Waals surface area contributed by atoms with E-state index < -0.39 is 6.04 Å². The maximum atomic E-state index is 12.7. The van der Waals surface area contributed by atoms with Crippen LogP contribution in [0.2, 0.25) is 10.0 Å². The van der Waals surface area contributed by atoms with E-state index >= 15 is 0 Å². The predicted molar refractivity (Wildman–Crippen MR) is 89.8 cm³/mol. The summed E-state index contributed by atoms with van der Waals surface area (Å²) in [6, 6.07) is 4.03. The zero-order valence-corrected chi connectivity index (χ0v) is 14.4. The van der Waals surface area contributed by atoms with Crippen LogP contribution in [0.25, 0.3) is 0 Å². The average molecular weight is 359 g/mol. The van der Waals surface area contributed by atoms with Gasteiger partial charge in [0.2, 0.25) is 5.91 Å². The SMILES string of the molecule is CC(CCO)NC(=O)C1CCCN1C(=O)c1cc(Cl)cc(Cl)c1. The Balaban J connectivity index is 2.11. The molecule has 2 N–H and O–H groups in total. The molecule has 126 valence electrons. The number of carbonyl (C=O) groups excluding carboxylic acids is 2. The molecule has 1 aliphatic heterocycles. The first-order valence-electron chi connectivity index (χ1n) is 7.60. The second-order valence-corrected chi connectivity index (χ2v) is 6.61. The van der Waals surface area contributed by atoms with Gasteiger partial charge in [0.15, 0.2) is 0 Å². The molecule has 1 aromatic rings. The van der Waals surface area contributed by atoms with Gasteiger partial charge in [-0.25, -0.2) is 0 Å². The van der Waals surface area contributed by atoms with Gasteiger partial charge in [0.25, 0.3) is 5.91 Å². The molecular weight excluding hydrogens is 339 g/mol. The van der Waals surface area contributed by atoms with Crippen LogP contribution in [0.1, 0.15) is 36.5 Å². The Bertz CT molecular complexity index is 574. The van der Waals surface area contributed by atoms with Gasteiger partial charge in [0.1, 0.15) is 6.04 Å². The molecule has 0 radical (unpaired) electrons. The van der Waals surface area contributed by atoms with Crippen LogP contribution in [0.15, 0.2) is 18.2 Å². The van der Waals surface area contributed by atoms with Crippen LogP contribution in [-0.2, 0) is 4.79 Å². The lowest BCUT2D eigenvalue weighted by Gasteiger charge is -2.25. The Kier molecular flexibility index (Phi) is 6.27. The van der Waals surface area contributed by atoms with Gasteiger partial charge in [-0.3, -0.25) is 9.59 Å². The van der Waals surface area contributed by atoms with Crippen molar-refractivity contribution in [2.75, 3.05) is 13.2 Å². The van der Waals surface area contributed by atoms with Crippen molar-refractivity contribution < 1.29 is 14.7 Å². The molecule has 0 aliphatic carbocycles. The van der Waals surface area contributed by atoms with Gasteiger partial charge in [-0.15, -0.1) is 0 Å². The highest BCUT2D eigenvalue weighted by atomic mass is 35.5. The third kappa shape index (κ3) is 4.59. The number of aliphatic hydroxyl groups excluding tert-OH is 1. The molecule has 2 rings (SSSR count). The minimum Gasteiger partial charge on any atom is -0.396 e. The zero-order chi connectivity index (χ0) is 17.0. The first kappa shape index (κ1) is 18.0. The Morgan fingerprint density at radius 1 is 1.35 bits per heavy atom. The second kappa shape index (κ2) is 7.99. The third-order valence-corrected chi connectivity index (χ3v) is 4.31. The molecule has 0 spiro atoms. The Labute approximate surface area is 145 Å². The number of rotatable bonds is 5. The number of hydrogen-bond donors (Lipinski definition) is 2. The van der Waals surface area contributed by atoms with Crippen molar-refractivity contribution in [2.24, 2.45) is 0 Å². The Morgan fingerprint density at radius 2 is 2.00 bits per heavy atom. The van der Waals surface area contributed by atoms with Crippen molar-refractivity contribution in [3.8, 4) is 0 Å². The molecule has 5 nitrogen and oxygen atoms in total. The first-order valence-corrected chi connectivity index (χ1v) is 8.36. The Morgan fingerprint density at radius 3 is 2.61 bits per heavy atom. The van der Waals surface area contributed by atoms with Gasteiger partial charge in [0, 0.05) is 34.8 Å². The largest absolute Gasteiger partial charge is 0.396 e. The molecule has 1 aliphatic rings. The van der Waals surface area contributed by atoms with Crippen molar-refractivity contribution in [2.45, 2.75) is 38.3 Å². The van der Waals surface area contributed by atoms with E-state index in [1.165, 1.54) is 0 Å². The van der Waals surface area contributed by atoms with Crippen LogP contribution < -0.4 is 5.32 Å². The number of carbonyl (C=O) groups is 2. The molecule has 1 fully saturated rings. The molecule has 2 amide bonds. The quantitative estimate of drug-likeness (QED) is 0.849. The summed E-state index contributed by atoms with van der Waals surface area (Å²) in [6.45, 7) is 2.36. The standard InChI is InChI=1S/C16H20Cl2N2O3/c1-10(4-6-21)19-15(22)14-3-2-5-20(14)16(23)11-7-12(17)9-13(18)8-11/h7-10,14,21H,2-6H2,1H3,(H,19,22). The smallest absolute Gasteiger partial charge is 0.254 e. The number of halogens is 2. The summed E-state index contributed by atoms with van der Waals surface area (Å²) >= 11 is 11.9. The molecule has 0 bridgehead atoms. The number of hydrogen-bond acceptors (Lipinski definition) is 3. The summed E-state index contributed by atoms with van der Waals surface area (Å²) in [5.74, 6) is -0.438. The fourth-order valence-corrected chi connectivity index (χ4v) is 3.26. The molecule has 0 saturated carbocycles. The highest BCUT2D eigenvalue weighted by molar-refractivity contribution is 6.35. The van der Waals surface area contributed by atoms with Crippen LogP contribution in [0.3, 0.4) is 0 Å². The topological polar surface area (TPSA) is 69.6 Å². The number of likely N-dealkylation sites (tertiary alicyclic amines) is 1. The molecule has 7 heteroatoms. The zero-order valence-electron chi connectivity index (χ0n) is 12.9. The monoisotopic (exact) mass is 358 g/mol.